The van der Waals surface area contributed by atoms with E-state index in [2.05, 4.69) is 11.9 Å². The zero-order valence-electron chi connectivity index (χ0n) is 20.5. The number of nitrogens with zero attached hydrogens (tertiary/aromatic N) is 1. The van der Waals surface area contributed by atoms with E-state index in [1.165, 1.54) is 31.4 Å². The Labute approximate surface area is 211 Å². The van der Waals surface area contributed by atoms with Gasteiger partial charge in [-0.2, -0.15) is 13.2 Å². The molecule has 2 aromatic rings. The Bertz CT molecular complexity index is 958. The SMILES string of the molecule is C=CCCCCCCCCC(=O)Nc1ccc(CN(CC(=O)O)Cc2ccc(C(F)(F)F)cc2)cc1. The number of unbranched alkanes of at least 4 members (excludes halogenated alkanes) is 6. The number of rotatable bonds is 16. The van der Waals surface area contributed by atoms with Crippen LogP contribution in [0.5, 0.6) is 0 Å². The molecular weight excluding hydrogens is 469 g/mol. The minimum atomic E-state index is -4.42. The van der Waals surface area contributed by atoms with Gasteiger partial charge in [-0.25, -0.2) is 0 Å². The molecule has 0 aromatic heterocycles. The van der Waals surface area contributed by atoms with Crippen molar-refractivity contribution in [1.29, 1.82) is 0 Å². The Hall–Kier alpha value is -3.13. The van der Waals surface area contributed by atoms with Crippen LogP contribution in [0.4, 0.5) is 18.9 Å². The second kappa shape index (κ2) is 15.1. The molecule has 8 heteroatoms. The zero-order chi connectivity index (χ0) is 26.4. The number of carboxylic acids is 1. The fraction of sp³-hybridized carbons (Fsp3) is 0.429. The Balaban J connectivity index is 1.82. The van der Waals surface area contributed by atoms with Crippen LogP contribution in [0.1, 0.15) is 68.1 Å². The first-order valence-corrected chi connectivity index (χ1v) is 12.3. The monoisotopic (exact) mass is 504 g/mol. The van der Waals surface area contributed by atoms with Gasteiger partial charge < -0.3 is 10.4 Å². The van der Waals surface area contributed by atoms with Crippen LogP contribution in [0, 0.1) is 0 Å². The number of benzene rings is 2. The summed E-state index contributed by atoms with van der Waals surface area (Å²) in [6, 6.07) is 11.9. The van der Waals surface area contributed by atoms with Crippen molar-refractivity contribution in [3.05, 3.63) is 77.9 Å². The summed E-state index contributed by atoms with van der Waals surface area (Å²) >= 11 is 0. The van der Waals surface area contributed by atoms with E-state index in [-0.39, 0.29) is 19.0 Å². The summed E-state index contributed by atoms with van der Waals surface area (Å²) in [5.74, 6) is -1.06. The number of anilines is 1. The number of allylic oxidation sites excluding steroid dienone is 1. The summed E-state index contributed by atoms with van der Waals surface area (Å²) in [4.78, 5) is 25.1. The normalized spacial score (nSPS) is 11.4. The van der Waals surface area contributed by atoms with Crippen molar-refractivity contribution >= 4 is 17.6 Å². The Morgan fingerprint density at radius 3 is 1.92 bits per heavy atom. The van der Waals surface area contributed by atoms with Crippen molar-refractivity contribution in [2.75, 3.05) is 11.9 Å². The van der Waals surface area contributed by atoms with Crippen molar-refractivity contribution in [2.45, 2.75) is 70.6 Å². The van der Waals surface area contributed by atoms with E-state index in [0.717, 1.165) is 43.4 Å². The van der Waals surface area contributed by atoms with Crippen LogP contribution in [0.3, 0.4) is 0 Å². The first-order chi connectivity index (χ1) is 17.2. The Kier molecular flexibility index (Phi) is 12.2. The lowest BCUT2D eigenvalue weighted by Crippen LogP contribution is -2.29. The average Bonchev–Trinajstić information content (AvgIpc) is 2.81. The third-order valence-corrected chi connectivity index (χ3v) is 5.75. The molecule has 0 spiro atoms. The molecule has 0 radical (unpaired) electrons. The summed E-state index contributed by atoms with van der Waals surface area (Å²) in [6.45, 7) is 3.95. The molecule has 0 saturated heterocycles. The summed E-state index contributed by atoms with van der Waals surface area (Å²) < 4.78 is 38.3. The smallest absolute Gasteiger partial charge is 0.416 e. The van der Waals surface area contributed by atoms with E-state index < -0.39 is 17.7 Å². The van der Waals surface area contributed by atoms with Gasteiger partial charge in [-0.05, 0) is 54.7 Å². The summed E-state index contributed by atoms with van der Waals surface area (Å²) in [6.07, 6.45) is 5.58. The molecule has 2 aromatic carbocycles. The van der Waals surface area contributed by atoms with Crippen molar-refractivity contribution in [1.82, 2.24) is 4.90 Å². The number of hydrogen-bond donors (Lipinski definition) is 2. The quantitative estimate of drug-likeness (QED) is 0.190. The number of nitrogens with one attached hydrogen (secondary N) is 1. The summed E-state index contributed by atoms with van der Waals surface area (Å²) in [5, 5.41) is 12.1. The van der Waals surface area contributed by atoms with Gasteiger partial charge in [0.05, 0.1) is 12.1 Å². The van der Waals surface area contributed by atoms with Crippen LogP contribution >= 0.6 is 0 Å². The highest BCUT2D eigenvalue weighted by Gasteiger charge is 2.30. The summed E-state index contributed by atoms with van der Waals surface area (Å²) in [5.41, 5.74) is 1.34. The van der Waals surface area contributed by atoms with Crippen LogP contribution in [-0.2, 0) is 28.9 Å². The van der Waals surface area contributed by atoms with Crippen LogP contribution in [0.25, 0.3) is 0 Å². The maximum atomic E-state index is 12.8. The van der Waals surface area contributed by atoms with Crippen LogP contribution in [-0.4, -0.2) is 28.4 Å². The molecule has 5 nitrogen and oxygen atoms in total. The van der Waals surface area contributed by atoms with Crippen LogP contribution in [0.15, 0.2) is 61.2 Å². The van der Waals surface area contributed by atoms with E-state index in [0.29, 0.717) is 24.2 Å². The molecule has 2 N–H and O–H groups in total. The Morgan fingerprint density at radius 2 is 1.39 bits per heavy atom. The fourth-order valence-corrected chi connectivity index (χ4v) is 3.87. The molecule has 196 valence electrons. The van der Waals surface area contributed by atoms with E-state index in [9.17, 15) is 27.9 Å². The first kappa shape index (κ1) is 29.1. The van der Waals surface area contributed by atoms with E-state index in [1.807, 2.05) is 6.08 Å². The van der Waals surface area contributed by atoms with Crippen molar-refractivity contribution in [3.63, 3.8) is 0 Å². The highest BCUT2D eigenvalue weighted by atomic mass is 19.4. The summed E-state index contributed by atoms with van der Waals surface area (Å²) in [7, 11) is 0. The van der Waals surface area contributed by atoms with Gasteiger partial charge in [-0.15, -0.1) is 6.58 Å². The number of carboxylic acid groups (broad SMARTS) is 1. The van der Waals surface area contributed by atoms with Crippen molar-refractivity contribution in [3.8, 4) is 0 Å². The molecule has 0 aliphatic heterocycles. The molecule has 0 fully saturated rings. The standard InChI is InChI=1S/C28H35F3N2O3/c1-2-3-4-5-6-7-8-9-10-26(34)32-25-17-13-23(14-18-25)20-33(21-27(35)36)19-22-11-15-24(16-12-22)28(29,30)31/h2,11-18H,1,3-10,19-21H2,(H,32,34)(H,35,36). The number of hydrogen-bond acceptors (Lipinski definition) is 3. The van der Waals surface area contributed by atoms with Gasteiger partial charge in [0, 0.05) is 25.2 Å². The van der Waals surface area contributed by atoms with Gasteiger partial charge in [-0.1, -0.05) is 56.0 Å². The topological polar surface area (TPSA) is 69.6 Å². The lowest BCUT2D eigenvalue weighted by atomic mass is 10.1. The van der Waals surface area contributed by atoms with Crippen LogP contribution in [0.2, 0.25) is 0 Å². The molecule has 2 rings (SSSR count). The minimum Gasteiger partial charge on any atom is -0.480 e. The largest absolute Gasteiger partial charge is 0.480 e. The van der Waals surface area contributed by atoms with Gasteiger partial charge in [0.2, 0.25) is 5.91 Å². The molecule has 36 heavy (non-hydrogen) atoms. The third kappa shape index (κ3) is 11.5. The minimum absolute atomic E-state index is 0.0378. The number of amides is 1. The lowest BCUT2D eigenvalue weighted by Gasteiger charge is -2.21. The number of carbonyl (C=O) groups is 2. The Morgan fingerprint density at radius 1 is 0.861 bits per heavy atom. The second-order valence-electron chi connectivity index (χ2n) is 8.93. The first-order valence-electron chi connectivity index (χ1n) is 12.3. The van der Waals surface area contributed by atoms with E-state index >= 15 is 0 Å². The highest BCUT2D eigenvalue weighted by molar-refractivity contribution is 5.90. The fourth-order valence-electron chi connectivity index (χ4n) is 3.87. The molecule has 0 atom stereocenters. The van der Waals surface area contributed by atoms with Crippen LogP contribution < -0.4 is 5.32 Å². The molecule has 0 bridgehead atoms. The van der Waals surface area contributed by atoms with Gasteiger partial charge in [0.1, 0.15) is 0 Å². The number of aliphatic carboxylic acids is 1. The molecule has 0 heterocycles. The molecule has 0 unspecified atom stereocenters. The molecule has 1 amide bonds. The zero-order valence-corrected chi connectivity index (χ0v) is 20.5. The molecule has 0 saturated carbocycles. The predicted molar refractivity (Wildman–Crippen MR) is 135 cm³/mol. The highest BCUT2D eigenvalue weighted by Crippen LogP contribution is 2.29. The average molecular weight is 505 g/mol. The molecular formula is C28H35F3N2O3. The predicted octanol–water partition coefficient (Wildman–Crippen LogP) is 7.04. The lowest BCUT2D eigenvalue weighted by molar-refractivity contribution is -0.139. The number of halogens is 3. The number of carbonyl (C=O) groups excluding carboxylic acids is 1. The molecule has 0 aliphatic rings. The van der Waals surface area contributed by atoms with E-state index in [4.69, 9.17) is 0 Å². The maximum Gasteiger partial charge on any atom is 0.416 e. The van der Waals surface area contributed by atoms with Gasteiger partial charge >= 0.3 is 12.1 Å². The number of alkyl halides is 3. The van der Waals surface area contributed by atoms with Gasteiger partial charge in [0.15, 0.2) is 0 Å². The maximum absolute atomic E-state index is 12.8. The van der Waals surface area contributed by atoms with Crippen molar-refractivity contribution in [2.24, 2.45) is 0 Å². The van der Waals surface area contributed by atoms with Gasteiger partial charge in [0.25, 0.3) is 0 Å². The molecule has 0 aliphatic carbocycles. The third-order valence-electron chi connectivity index (χ3n) is 5.75. The van der Waals surface area contributed by atoms with Crippen molar-refractivity contribution < 1.29 is 27.9 Å². The van der Waals surface area contributed by atoms with E-state index in [1.54, 1.807) is 29.2 Å². The second-order valence-corrected chi connectivity index (χ2v) is 8.93. The van der Waals surface area contributed by atoms with Gasteiger partial charge in [-0.3, -0.25) is 14.5 Å².